The van der Waals surface area contributed by atoms with E-state index in [9.17, 15) is 18.5 Å². The van der Waals surface area contributed by atoms with Crippen molar-refractivity contribution in [3.8, 4) is 6.07 Å². The van der Waals surface area contributed by atoms with E-state index in [1.807, 2.05) is 6.07 Å². The van der Waals surface area contributed by atoms with Gasteiger partial charge in [-0.3, -0.25) is 14.8 Å². The largest absolute Gasteiger partial charge is 0.279 e. The molecule has 7 nitrogen and oxygen atoms in total. The monoisotopic (exact) mass is 309 g/mol. The molecule has 0 amide bonds. The second kappa shape index (κ2) is 5.28. The molecule has 2 aromatic rings. The number of hydrogen-bond donors (Lipinski definition) is 1. The first-order valence-corrected chi connectivity index (χ1v) is 7.49. The van der Waals surface area contributed by atoms with E-state index >= 15 is 0 Å². The third-order valence-electron chi connectivity index (χ3n) is 2.27. The maximum atomic E-state index is 12.0. The van der Waals surface area contributed by atoms with Crippen LogP contribution in [0.5, 0.6) is 0 Å². The zero-order valence-corrected chi connectivity index (χ0v) is 11.4. The molecule has 1 N–H and O–H groups in total. The van der Waals surface area contributed by atoms with Crippen LogP contribution in [0.3, 0.4) is 0 Å². The number of nitro benzene ring substituents is 1. The lowest BCUT2D eigenvalue weighted by Gasteiger charge is -2.05. The predicted molar refractivity (Wildman–Crippen MR) is 72.9 cm³/mol. The van der Waals surface area contributed by atoms with Crippen LogP contribution in [0.2, 0.25) is 0 Å². The first-order chi connectivity index (χ1) is 9.42. The van der Waals surface area contributed by atoms with E-state index in [0.29, 0.717) is 0 Å². The Bertz CT molecular complexity index is 805. The summed E-state index contributed by atoms with van der Waals surface area (Å²) in [6, 6.07) is 9.72. The standard InChI is InChI=1S/C11H7N3O4S2/c12-7-10-4-5-11(19-10)20(17,18)13-8-2-1-3-9(6-8)14(15)16/h1-6,13H. The topological polar surface area (TPSA) is 113 Å². The third kappa shape index (κ3) is 2.93. The molecule has 20 heavy (non-hydrogen) atoms. The van der Waals surface area contributed by atoms with Crippen LogP contribution in [-0.2, 0) is 10.0 Å². The number of non-ortho nitro benzene ring substituents is 1. The van der Waals surface area contributed by atoms with Gasteiger partial charge in [-0.15, -0.1) is 11.3 Å². The smallest absolute Gasteiger partial charge is 0.271 e. The van der Waals surface area contributed by atoms with Crippen LogP contribution < -0.4 is 4.72 Å². The first kappa shape index (κ1) is 14.0. The summed E-state index contributed by atoms with van der Waals surface area (Å²) in [5.74, 6) is 0. The normalized spacial score (nSPS) is 10.8. The van der Waals surface area contributed by atoms with Gasteiger partial charge in [0.15, 0.2) is 0 Å². The molecule has 1 aromatic carbocycles. The molecule has 0 radical (unpaired) electrons. The van der Waals surface area contributed by atoms with Crippen molar-refractivity contribution < 1.29 is 13.3 Å². The van der Waals surface area contributed by atoms with Gasteiger partial charge < -0.3 is 0 Å². The van der Waals surface area contributed by atoms with Crippen molar-refractivity contribution in [2.24, 2.45) is 0 Å². The highest BCUT2D eigenvalue weighted by molar-refractivity contribution is 7.94. The molecule has 0 saturated carbocycles. The third-order valence-corrected chi connectivity index (χ3v) is 5.13. The Morgan fingerprint density at radius 2 is 2.05 bits per heavy atom. The Morgan fingerprint density at radius 3 is 2.65 bits per heavy atom. The number of nitro groups is 1. The lowest BCUT2D eigenvalue weighted by atomic mass is 10.3. The molecule has 1 aromatic heterocycles. The Morgan fingerprint density at radius 1 is 1.30 bits per heavy atom. The van der Waals surface area contributed by atoms with Gasteiger partial charge in [-0.2, -0.15) is 5.26 Å². The quantitative estimate of drug-likeness (QED) is 0.687. The SMILES string of the molecule is N#Cc1ccc(S(=O)(=O)Nc2cccc([N+](=O)[O-])c2)s1. The zero-order chi connectivity index (χ0) is 14.8. The number of sulfonamides is 1. The molecular formula is C11H7N3O4S2. The molecule has 0 saturated heterocycles. The average molecular weight is 309 g/mol. The molecule has 2 rings (SSSR count). The van der Waals surface area contributed by atoms with Crippen LogP contribution in [-0.4, -0.2) is 13.3 Å². The maximum Gasteiger partial charge on any atom is 0.271 e. The van der Waals surface area contributed by atoms with E-state index in [2.05, 4.69) is 4.72 Å². The Hall–Kier alpha value is -2.44. The van der Waals surface area contributed by atoms with E-state index in [1.165, 1.54) is 30.3 Å². The summed E-state index contributed by atoms with van der Waals surface area (Å²) in [6.45, 7) is 0. The lowest BCUT2D eigenvalue weighted by Crippen LogP contribution is -2.11. The number of nitriles is 1. The molecule has 102 valence electrons. The molecule has 1 heterocycles. The molecule has 0 bridgehead atoms. The van der Waals surface area contributed by atoms with Gasteiger partial charge in [-0.1, -0.05) is 6.07 Å². The maximum absolute atomic E-state index is 12.0. The molecule has 0 fully saturated rings. The number of benzene rings is 1. The van der Waals surface area contributed by atoms with Crippen LogP contribution >= 0.6 is 11.3 Å². The fourth-order valence-corrected chi connectivity index (χ4v) is 3.57. The van der Waals surface area contributed by atoms with Gasteiger partial charge in [-0.25, -0.2) is 8.42 Å². The summed E-state index contributed by atoms with van der Waals surface area (Å²) in [5.41, 5.74) is -0.125. The zero-order valence-electron chi connectivity index (χ0n) is 9.81. The van der Waals surface area contributed by atoms with Crippen molar-refractivity contribution in [2.45, 2.75) is 4.21 Å². The van der Waals surface area contributed by atoms with Gasteiger partial charge in [0.2, 0.25) is 0 Å². The molecule has 0 aliphatic carbocycles. The van der Waals surface area contributed by atoms with Crippen molar-refractivity contribution in [1.82, 2.24) is 0 Å². The number of thiophene rings is 1. The molecule has 0 aliphatic rings. The Balaban J connectivity index is 2.31. The highest BCUT2D eigenvalue weighted by Gasteiger charge is 2.18. The summed E-state index contributed by atoms with van der Waals surface area (Å²) in [7, 11) is -3.85. The summed E-state index contributed by atoms with van der Waals surface area (Å²) in [6.07, 6.45) is 0. The summed E-state index contributed by atoms with van der Waals surface area (Å²) in [4.78, 5) is 10.3. The van der Waals surface area contributed by atoms with Crippen molar-refractivity contribution in [2.75, 3.05) is 4.72 Å². The molecule has 0 spiro atoms. The van der Waals surface area contributed by atoms with Gasteiger partial charge >= 0.3 is 0 Å². The van der Waals surface area contributed by atoms with Crippen LogP contribution in [0.25, 0.3) is 0 Å². The average Bonchev–Trinajstić information content (AvgIpc) is 2.88. The van der Waals surface area contributed by atoms with E-state index in [0.717, 1.165) is 17.4 Å². The molecule has 0 unspecified atom stereocenters. The molecule has 0 aliphatic heterocycles. The lowest BCUT2D eigenvalue weighted by molar-refractivity contribution is -0.384. The predicted octanol–water partition coefficient (Wildman–Crippen LogP) is 2.33. The Labute approximate surface area is 118 Å². The van der Waals surface area contributed by atoms with Crippen molar-refractivity contribution >= 4 is 32.7 Å². The van der Waals surface area contributed by atoms with Gasteiger partial charge in [0, 0.05) is 12.1 Å². The highest BCUT2D eigenvalue weighted by Crippen LogP contribution is 2.25. The Kier molecular flexibility index (Phi) is 3.69. The van der Waals surface area contributed by atoms with Crippen LogP contribution in [0.1, 0.15) is 4.88 Å². The number of nitrogens with zero attached hydrogens (tertiary/aromatic N) is 2. The summed E-state index contributed by atoms with van der Waals surface area (Å²) >= 11 is 0.824. The van der Waals surface area contributed by atoms with Crippen molar-refractivity contribution in [1.29, 1.82) is 5.26 Å². The molecular weight excluding hydrogens is 302 g/mol. The van der Waals surface area contributed by atoms with Gasteiger partial charge in [-0.05, 0) is 18.2 Å². The minimum absolute atomic E-state index is 0.0273. The molecule has 9 heteroatoms. The second-order valence-electron chi connectivity index (χ2n) is 3.64. The number of anilines is 1. The number of nitrogens with one attached hydrogen (secondary N) is 1. The fourth-order valence-electron chi connectivity index (χ4n) is 1.41. The highest BCUT2D eigenvalue weighted by atomic mass is 32.2. The van der Waals surface area contributed by atoms with E-state index < -0.39 is 14.9 Å². The van der Waals surface area contributed by atoms with Crippen LogP contribution in [0, 0.1) is 21.4 Å². The van der Waals surface area contributed by atoms with Crippen molar-refractivity contribution in [3.63, 3.8) is 0 Å². The summed E-state index contributed by atoms with van der Waals surface area (Å²) in [5, 5.41) is 19.3. The van der Waals surface area contributed by atoms with E-state index in [4.69, 9.17) is 5.26 Å². The van der Waals surface area contributed by atoms with Crippen molar-refractivity contribution in [3.05, 3.63) is 51.4 Å². The number of hydrogen-bond acceptors (Lipinski definition) is 6. The van der Waals surface area contributed by atoms with Crippen LogP contribution in [0.15, 0.2) is 40.6 Å². The summed E-state index contributed by atoms with van der Waals surface area (Å²) < 4.78 is 26.3. The van der Waals surface area contributed by atoms with Gasteiger partial charge in [0.05, 0.1) is 10.6 Å². The van der Waals surface area contributed by atoms with Gasteiger partial charge in [0.1, 0.15) is 15.2 Å². The minimum atomic E-state index is -3.85. The van der Waals surface area contributed by atoms with Gasteiger partial charge in [0.25, 0.3) is 15.7 Å². The molecule has 0 atom stereocenters. The van der Waals surface area contributed by atoms with E-state index in [1.54, 1.807) is 0 Å². The first-order valence-electron chi connectivity index (χ1n) is 5.19. The van der Waals surface area contributed by atoms with Crippen LogP contribution in [0.4, 0.5) is 11.4 Å². The van der Waals surface area contributed by atoms with E-state index in [-0.39, 0.29) is 20.5 Å². The fraction of sp³-hybridized carbons (Fsp3) is 0. The number of rotatable bonds is 4. The minimum Gasteiger partial charge on any atom is -0.279 e. The second-order valence-corrected chi connectivity index (χ2v) is 6.64.